The zero-order chi connectivity index (χ0) is 14.1. The third kappa shape index (κ3) is 5.57. The van der Waals surface area contributed by atoms with Crippen LogP contribution in [0.2, 0.25) is 0 Å². The number of rotatable bonds is 7. The van der Waals surface area contributed by atoms with E-state index < -0.39 is 5.60 Å². The molecule has 1 rings (SSSR count). The summed E-state index contributed by atoms with van der Waals surface area (Å²) in [5, 5.41) is 16.7. The number of guanidine groups is 1. The minimum atomic E-state index is -1.09. The highest BCUT2D eigenvalue weighted by Gasteiger charge is 2.25. The Morgan fingerprint density at radius 3 is 2.89 bits per heavy atom. The molecule has 1 aromatic rings. The van der Waals surface area contributed by atoms with Gasteiger partial charge in [0.15, 0.2) is 5.96 Å². The number of aliphatic imine (C=N–C) groups is 1. The van der Waals surface area contributed by atoms with Crippen molar-refractivity contribution in [3.8, 4) is 0 Å². The average molecular weight is 285 g/mol. The fourth-order valence-electron chi connectivity index (χ4n) is 1.51. The second-order valence-electron chi connectivity index (χ2n) is 4.37. The third-order valence-corrected chi connectivity index (χ3v) is 3.15. The molecular formula is C13H23N3O2S. The first kappa shape index (κ1) is 15.9. The summed E-state index contributed by atoms with van der Waals surface area (Å²) in [5.74, 6) is 2.25. The first-order valence-corrected chi connectivity index (χ1v) is 7.77. The average Bonchev–Trinajstić information content (AvgIpc) is 2.91. The van der Waals surface area contributed by atoms with Gasteiger partial charge in [-0.2, -0.15) is 11.8 Å². The van der Waals surface area contributed by atoms with Crippen molar-refractivity contribution in [1.29, 1.82) is 0 Å². The highest BCUT2D eigenvalue weighted by Crippen LogP contribution is 2.20. The third-order valence-electron chi connectivity index (χ3n) is 2.54. The summed E-state index contributed by atoms with van der Waals surface area (Å²) >= 11 is 1.77. The van der Waals surface area contributed by atoms with E-state index in [1.54, 1.807) is 37.1 Å². The molecule has 0 aromatic carbocycles. The van der Waals surface area contributed by atoms with Crippen LogP contribution in [0.1, 0.15) is 19.6 Å². The summed E-state index contributed by atoms with van der Waals surface area (Å²) < 4.78 is 5.23. The lowest BCUT2D eigenvalue weighted by Crippen LogP contribution is -2.39. The Hall–Kier alpha value is -1.14. The van der Waals surface area contributed by atoms with Crippen LogP contribution in [0.15, 0.2) is 27.8 Å². The van der Waals surface area contributed by atoms with Crippen LogP contribution in [-0.4, -0.2) is 42.7 Å². The molecule has 1 atom stereocenters. The summed E-state index contributed by atoms with van der Waals surface area (Å²) in [6.07, 6.45) is 3.61. The van der Waals surface area contributed by atoms with Crippen molar-refractivity contribution in [2.75, 3.05) is 31.6 Å². The molecule has 1 unspecified atom stereocenters. The van der Waals surface area contributed by atoms with Crippen LogP contribution >= 0.6 is 11.8 Å². The standard InChI is InChI=1S/C13H23N3O2S/c1-4-14-12(15-7-9-19-3)16-10-13(2,17)11-6-5-8-18-11/h5-6,8,17H,4,7,9-10H2,1-3H3,(H2,14,15,16). The first-order chi connectivity index (χ1) is 9.10. The Balaban J connectivity index is 2.58. The van der Waals surface area contributed by atoms with Crippen molar-refractivity contribution < 1.29 is 9.52 Å². The van der Waals surface area contributed by atoms with Crippen molar-refractivity contribution in [2.24, 2.45) is 4.99 Å². The normalized spacial score (nSPS) is 15.1. The van der Waals surface area contributed by atoms with E-state index in [4.69, 9.17) is 4.42 Å². The van der Waals surface area contributed by atoms with Crippen LogP contribution in [0.5, 0.6) is 0 Å². The molecule has 19 heavy (non-hydrogen) atoms. The van der Waals surface area contributed by atoms with Crippen LogP contribution in [0.3, 0.4) is 0 Å². The van der Waals surface area contributed by atoms with E-state index in [0.29, 0.717) is 11.7 Å². The minimum Gasteiger partial charge on any atom is -0.466 e. The molecule has 0 amide bonds. The molecule has 6 heteroatoms. The highest BCUT2D eigenvalue weighted by molar-refractivity contribution is 7.98. The molecule has 1 heterocycles. The van der Waals surface area contributed by atoms with Gasteiger partial charge >= 0.3 is 0 Å². The van der Waals surface area contributed by atoms with E-state index in [2.05, 4.69) is 21.9 Å². The van der Waals surface area contributed by atoms with Crippen LogP contribution in [-0.2, 0) is 5.60 Å². The lowest BCUT2D eigenvalue weighted by atomic mass is 10.0. The van der Waals surface area contributed by atoms with Gasteiger partial charge in [0.25, 0.3) is 0 Å². The van der Waals surface area contributed by atoms with Gasteiger partial charge in [-0.25, -0.2) is 4.99 Å². The molecule has 0 saturated heterocycles. The van der Waals surface area contributed by atoms with Crippen LogP contribution in [0, 0.1) is 0 Å². The van der Waals surface area contributed by atoms with Crippen molar-refractivity contribution in [2.45, 2.75) is 19.4 Å². The maximum absolute atomic E-state index is 10.3. The number of hydrogen-bond donors (Lipinski definition) is 3. The fourth-order valence-corrected chi connectivity index (χ4v) is 1.82. The Morgan fingerprint density at radius 2 is 2.32 bits per heavy atom. The van der Waals surface area contributed by atoms with Gasteiger partial charge in [-0.1, -0.05) is 0 Å². The Bertz CT molecular complexity index is 377. The van der Waals surface area contributed by atoms with E-state index in [1.165, 1.54) is 0 Å². The summed E-state index contributed by atoms with van der Waals surface area (Å²) in [7, 11) is 0. The number of hydrogen-bond acceptors (Lipinski definition) is 4. The molecule has 108 valence electrons. The number of furan rings is 1. The Morgan fingerprint density at radius 1 is 1.53 bits per heavy atom. The van der Waals surface area contributed by atoms with Crippen LogP contribution in [0.4, 0.5) is 0 Å². The molecule has 0 aliphatic rings. The zero-order valence-corrected chi connectivity index (χ0v) is 12.6. The Labute approximate surface area is 118 Å². The summed E-state index contributed by atoms with van der Waals surface area (Å²) in [5.41, 5.74) is -1.09. The van der Waals surface area contributed by atoms with Gasteiger partial charge in [0.05, 0.1) is 12.8 Å². The van der Waals surface area contributed by atoms with Gasteiger partial charge in [0, 0.05) is 18.8 Å². The van der Waals surface area contributed by atoms with Crippen molar-refractivity contribution >= 4 is 17.7 Å². The van der Waals surface area contributed by atoms with E-state index in [-0.39, 0.29) is 6.54 Å². The second-order valence-corrected chi connectivity index (χ2v) is 5.35. The topological polar surface area (TPSA) is 69.8 Å². The first-order valence-electron chi connectivity index (χ1n) is 6.37. The molecule has 0 aliphatic heterocycles. The minimum absolute atomic E-state index is 0.245. The number of nitrogens with one attached hydrogen (secondary N) is 2. The number of aliphatic hydroxyl groups is 1. The van der Waals surface area contributed by atoms with Gasteiger partial charge in [-0.3, -0.25) is 0 Å². The molecule has 0 bridgehead atoms. The highest BCUT2D eigenvalue weighted by atomic mass is 32.2. The molecule has 5 nitrogen and oxygen atoms in total. The van der Waals surface area contributed by atoms with Crippen molar-refractivity contribution in [3.05, 3.63) is 24.2 Å². The second kappa shape index (κ2) is 8.12. The molecular weight excluding hydrogens is 262 g/mol. The smallest absolute Gasteiger partial charge is 0.191 e. The summed E-state index contributed by atoms with van der Waals surface area (Å²) in [4.78, 5) is 4.39. The van der Waals surface area contributed by atoms with Crippen LogP contribution in [0.25, 0.3) is 0 Å². The van der Waals surface area contributed by atoms with E-state index in [1.807, 2.05) is 6.92 Å². The molecule has 0 aliphatic carbocycles. The van der Waals surface area contributed by atoms with Crippen LogP contribution < -0.4 is 10.6 Å². The maximum Gasteiger partial charge on any atom is 0.191 e. The van der Waals surface area contributed by atoms with Gasteiger partial charge in [-0.15, -0.1) is 0 Å². The lowest BCUT2D eigenvalue weighted by molar-refractivity contribution is 0.0437. The van der Waals surface area contributed by atoms with E-state index in [0.717, 1.165) is 18.8 Å². The van der Waals surface area contributed by atoms with E-state index >= 15 is 0 Å². The predicted octanol–water partition coefficient (Wildman–Crippen LogP) is 1.41. The summed E-state index contributed by atoms with van der Waals surface area (Å²) in [6, 6.07) is 3.51. The van der Waals surface area contributed by atoms with E-state index in [9.17, 15) is 5.11 Å². The molecule has 0 saturated carbocycles. The molecule has 0 fully saturated rings. The SMILES string of the molecule is CCNC(=NCC(C)(O)c1ccco1)NCCSC. The largest absolute Gasteiger partial charge is 0.466 e. The summed E-state index contributed by atoms with van der Waals surface area (Å²) in [6.45, 7) is 5.58. The number of nitrogens with zero attached hydrogens (tertiary/aromatic N) is 1. The Kier molecular flexibility index (Phi) is 6.80. The molecule has 3 N–H and O–H groups in total. The van der Waals surface area contributed by atoms with Crippen molar-refractivity contribution in [3.63, 3.8) is 0 Å². The molecule has 1 aromatic heterocycles. The maximum atomic E-state index is 10.3. The number of thioether (sulfide) groups is 1. The molecule has 0 spiro atoms. The van der Waals surface area contributed by atoms with Gasteiger partial charge in [0.2, 0.25) is 0 Å². The monoisotopic (exact) mass is 285 g/mol. The van der Waals surface area contributed by atoms with Gasteiger partial charge < -0.3 is 20.2 Å². The van der Waals surface area contributed by atoms with Crippen molar-refractivity contribution in [1.82, 2.24) is 10.6 Å². The predicted molar refractivity (Wildman–Crippen MR) is 80.6 cm³/mol. The quantitative estimate of drug-likeness (QED) is 0.401. The van der Waals surface area contributed by atoms with Gasteiger partial charge in [-0.05, 0) is 32.2 Å². The zero-order valence-electron chi connectivity index (χ0n) is 11.8. The lowest BCUT2D eigenvalue weighted by Gasteiger charge is -2.19. The fraction of sp³-hybridized carbons (Fsp3) is 0.615. The van der Waals surface area contributed by atoms with Gasteiger partial charge in [0.1, 0.15) is 11.4 Å². The molecule has 0 radical (unpaired) electrons.